The van der Waals surface area contributed by atoms with E-state index < -0.39 is 5.91 Å². The molecule has 1 amide bonds. The maximum Gasteiger partial charge on any atom is 0.277 e. The van der Waals surface area contributed by atoms with Crippen molar-refractivity contribution in [1.82, 2.24) is 5.43 Å². The fourth-order valence-electron chi connectivity index (χ4n) is 2.03. The number of rotatable bonds is 6. The van der Waals surface area contributed by atoms with Crippen LogP contribution in [0.15, 0.2) is 39.9 Å². The minimum Gasteiger partial charge on any atom is -0.508 e. The fourth-order valence-corrected chi connectivity index (χ4v) is 2.37. The molecule has 25 heavy (non-hydrogen) atoms. The fraction of sp³-hybridized carbons (Fsp3) is 0.176. The number of nitrogens with one attached hydrogen (secondary N) is 1. The van der Waals surface area contributed by atoms with Crippen LogP contribution in [-0.4, -0.2) is 36.1 Å². The van der Waals surface area contributed by atoms with Crippen molar-refractivity contribution in [3.63, 3.8) is 0 Å². The first kappa shape index (κ1) is 18.6. The van der Waals surface area contributed by atoms with Gasteiger partial charge in [-0.3, -0.25) is 4.79 Å². The van der Waals surface area contributed by atoms with E-state index in [2.05, 4.69) is 26.5 Å². The first-order valence-corrected chi connectivity index (χ1v) is 8.01. The average molecular weight is 409 g/mol. The lowest BCUT2D eigenvalue weighted by Gasteiger charge is -2.10. The number of nitrogens with zero attached hydrogens (tertiary/aromatic N) is 1. The Hall–Kier alpha value is -2.74. The Morgan fingerprint density at radius 1 is 1.28 bits per heavy atom. The lowest BCUT2D eigenvalue weighted by molar-refractivity contribution is -0.123. The first-order chi connectivity index (χ1) is 11.9. The zero-order valence-corrected chi connectivity index (χ0v) is 15.2. The number of ether oxygens (including phenoxy) is 2. The van der Waals surface area contributed by atoms with Crippen molar-refractivity contribution in [2.24, 2.45) is 5.10 Å². The number of phenolic OH excluding ortho intramolecular Hbond substituents is 2. The third kappa shape index (κ3) is 5.12. The Kier molecular flexibility index (Phi) is 6.24. The van der Waals surface area contributed by atoms with Gasteiger partial charge < -0.3 is 19.7 Å². The van der Waals surface area contributed by atoms with Crippen LogP contribution in [0.25, 0.3) is 0 Å². The van der Waals surface area contributed by atoms with E-state index in [0.717, 1.165) is 4.47 Å². The molecule has 2 aromatic rings. The molecule has 0 fully saturated rings. The Morgan fingerprint density at radius 2 is 2.04 bits per heavy atom. The van der Waals surface area contributed by atoms with Gasteiger partial charge >= 0.3 is 0 Å². The zero-order chi connectivity index (χ0) is 18.4. The minimum absolute atomic E-state index is 0.0481. The maximum atomic E-state index is 11.8. The van der Waals surface area contributed by atoms with E-state index in [1.54, 1.807) is 25.1 Å². The third-order valence-corrected chi connectivity index (χ3v) is 3.71. The van der Waals surface area contributed by atoms with Gasteiger partial charge in [-0.25, -0.2) is 5.43 Å². The van der Waals surface area contributed by atoms with E-state index in [9.17, 15) is 15.0 Å². The number of amides is 1. The van der Waals surface area contributed by atoms with Crippen LogP contribution < -0.4 is 14.9 Å². The summed E-state index contributed by atoms with van der Waals surface area (Å²) in [6.45, 7) is 1.45. The van der Waals surface area contributed by atoms with Crippen LogP contribution in [0.1, 0.15) is 11.1 Å². The van der Waals surface area contributed by atoms with E-state index in [-0.39, 0.29) is 18.1 Å². The molecule has 0 aliphatic heterocycles. The molecule has 3 N–H and O–H groups in total. The number of hydrogen-bond acceptors (Lipinski definition) is 6. The van der Waals surface area contributed by atoms with E-state index in [4.69, 9.17) is 9.47 Å². The zero-order valence-electron chi connectivity index (χ0n) is 13.6. The molecule has 0 heterocycles. The lowest BCUT2D eigenvalue weighted by atomic mass is 10.1. The Bertz CT molecular complexity index is 785. The molecule has 0 aliphatic carbocycles. The summed E-state index contributed by atoms with van der Waals surface area (Å²) in [5, 5.41) is 22.9. The highest BCUT2D eigenvalue weighted by Crippen LogP contribution is 2.30. The third-order valence-electron chi connectivity index (χ3n) is 3.22. The van der Waals surface area contributed by atoms with Gasteiger partial charge in [-0.1, -0.05) is 15.9 Å². The molecule has 0 atom stereocenters. The second-order valence-corrected chi connectivity index (χ2v) is 5.99. The van der Waals surface area contributed by atoms with Gasteiger partial charge in [0, 0.05) is 16.1 Å². The predicted octanol–water partition coefficient (Wildman–Crippen LogP) is 2.71. The van der Waals surface area contributed by atoms with Crippen molar-refractivity contribution in [3.8, 4) is 23.0 Å². The molecule has 0 radical (unpaired) electrons. The molecule has 8 heteroatoms. The Labute approximate surface area is 153 Å². The summed E-state index contributed by atoms with van der Waals surface area (Å²) >= 11 is 3.32. The van der Waals surface area contributed by atoms with Crippen LogP contribution >= 0.6 is 15.9 Å². The van der Waals surface area contributed by atoms with Gasteiger partial charge in [0.2, 0.25) is 0 Å². The van der Waals surface area contributed by atoms with Gasteiger partial charge in [-0.15, -0.1) is 0 Å². The van der Waals surface area contributed by atoms with Crippen LogP contribution in [0.2, 0.25) is 0 Å². The molecule has 0 bridgehead atoms. The van der Waals surface area contributed by atoms with Crippen molar-refractivity contribution < 1.29 is 24.5 Å². The topological polar surface area (TPSA) is 100 Å². The van der Waals surface area contributed by atoms with Crippen molar-refractivity contribution in [1.29, 1.82) is 0 Å². The molecule has 7 nitrogen and oxygen atoms in total. The lowest BCUT2D eigenvalue weighted by Crippen LogP contribution is -2.24. The number of methoxy groups -OCH3 is 1. The summed E-state index contributed by atoms with van der Waals surface area (Å²) in [7, 11) is 1.51. The van der Waals surface area contributed by atoms with Gasteiger partial charge in [0.15, 0.2) is 18.1 Å². The largest absolute Gasteiger partial charge is 0.508 e. The average Bonchev–Trinajstić information content (AvgIpc) is 2.55. The molecule has 0 saturated heterocycles. The highest BCUT2D eigenvalue weighted by molar-refractivity contribution is 9.10. The van der Waals surface area contributed by atoms with E-state index in [1.807, 2.05) is 0 Å². The number of carbonyl (C=O) groups is 1. The quantitative estimate of drug-likeness (QED) is 0.503. The number of benzene rings is 2. The molecule has 2 aromatic carbocycles. The molecule has 0 spiro atoms. The Balaban J connectivity index is 1.93. The predicted molar refractivity (Wildman–Crippen MR) is 96.4 cm³/mol. The van der Waals surface area contributed by atoms with Crippen molar-refractivity contribution in [2.45, 2.75) is 6.92 Å². The van der Waals surface area contributed by atoms with Crippen LogP contribution in [-0.2, 0) is 4.79 Å². The number of hydrazone groups is 1. The van der Waals surface area contributed by atoms with Crippen LogP contribution in [0.4, 0.5) is 0 Å². The van der Waals surface area contributed by atoms with E-state index >= 15 is 0 Å². The molecule has 2 rings (SSSR count). The molecular weight excluding hydrogens is 392 g/mol. The molecule has 0 saturated carbocycles. The summed E-state index contributed by atoms with van der Waals surface area (Å²) in [4.78, 5) is 11.8. The summed E-state index contributed by atoms with van der Waals surface area (Å²) < 4.78 is 11.4. The first-order valence-electron chi connectivity index (χ1n) is 7.21. The second-order valence-electron chi connectivity index (χ2n) is 5.07. The highest BCUT2D eigenvalue weighted by atomic mass is 79.9. The number of phenols is 2. The number of aromatic hydroxyl groups is 2. The summed E-state index contributed by atoms with van der Waals surface area (Å²) in [5.74, 6) is 0.267. The van der Waals surface area contributed by atoms with E-state index in [0.29, 0.717) is 22.6 Å². The number of halogens is 1. The molecule has 0 unspecified atom stereocenters. The van der Waals surface area contributed by atoms with Crippen molar-refractivity contribution in [3.05, 3.63) is 45.9 Å². The second kappa shape index (κ2) is 8.39. The van der Waals surface area contributed by atoms with Crippen LogP contribution in [0.5, 0.6) is 23.0 Å². The van der Waals surface area contributed by atoms with Crippen molar-refractivity contribution in [2.75, 3.05) is 13.7 Å². The smallest absolute Gasteiger partial charge is 0.277 e. The number of carbonyl (C=O) groups excluding carboxylic acids is 1. The van der Waals surface area contributed by atoms with Crippen LogP contribution in [0.3, 0.4) is 0 Å². The van der Waals surface area contributed by atoms with E-state index in [1.165, 1.54) is 25.5 Å². The maximum absolute atomic E-state index is 11.8. The summed E-state index contributed by atoms with van der Waals surface area (Å²) in [6, 6.07) is 7.84. The number of aryl methyl sites for hydroxylation is 1. The van der Waals surface area contributed by atoms with Crippen molar-refractivity contribution >= 4 is 28.1 Å². The normalized spacial score (nSPS) is 10.7. The monoisotopic (exact) mass is 408 g/mol. The number of hydrogen-bond donors (Lipinski definition) is 3. The molecule has 0 aliphatic rings. The Morgan fingerprint density at radius 3 is 2.72 bits per heavy atom. The van der Waals surface area contributed by atoms with Crippen LogP contribution in [0, 0.1) is 6.92 Å². The van der Waals surface area contributed by atoms with Gasteiger partial charge in [0.1, 0.15) is 11.5 Å². The minimum atomic E-state index is -0.475. The highest BCUT2D eigenvalue weighted by Gasteiger charge is 2.08. The van der Waals surface area contributed by atoms with Gasteiger partial charge in [0.05, 0.1) is 13.3 Å². The SMILES string of the molecule is COc1cc(Br)ccc1OCC(=O)N/N=C\c1c(C)cc(O)cc1O. The standard InChI is InChI=1S/C17H17BrN2O5/c1-10-5-12(21)7-14(22)13(10)8-19-20-17(23)9-25-15-4-3-11(18)6-16(15)24-2/h3-8,21-22H,9H2,1-2H3,(H,20,23)/b19-8-. The van der Waals surface area contributed by atoms with Gasteiger partial charge in [-0.05, 0) is 36.8 Å². The summed E-state index contributed by atoms with van der Waals surface area (Å²) in [5.41, 5.74) is 3.31. The van der Waals surface area contributed by atoms with Gasteiger partial charge in [0.25, 0.3) is 5.91 Å². The molecule has 0 aromatic heterocycles. The molecular formula is C17H17BrN2O5. The summed E-state index contributed by atoms with van der Waals surface area (Å²) in [6.07, 6.45) is 1.29. The molecule has 132 valence electrons. The van der Waals surface area contributed by atoms with Gasteiger partial charge in [-0.2, -0.15) is 5.10 Å².